The van der Waals surface area contributed by atoms with E-state index in [1.165, 1.54) is 6.07 Å². The van der Waals surface area contributed by atoms with Gasteiger partial charge >= 0.3 is 0 Å². The van der Waals surface area contributed by atoms with Gasteiger partial charge in [-0.2, -0.15) is 0 Å². The topological polar surface area (TPSA) is 160 Å². The van der Waals surface area contributed by atoms with E-state index in [1.807, 2.05) is 6.07 Å². The predicted molar refractivity (Wildman–Crippen MR) is 140 cm³/mol. The summed E-state index contributed by atoms with van der Waals surface area (Å²) in [6.07, 6.45) is 4.19. The van der Waals surface area contributed by atoms with E-state index in [-0.39, 0.29) is 16.6 Å². The molecular weight excluding hydrogens is 478 g/mol. The van der Waals surface area contributed by atoms with E-state index in [2.05, 4.69) is 15.8 Å². The Hall–Kier alpha value is -3.89. The highest BCUT2D eigenvalue weighted by molar-refractivity contribution is 7.89. The number of nitrogens with one attached hydrogen (secondary N) is 2. The third-order valence-electron chi connectivity index (χ3n) is 6.44. The largest absolute Gasteiger partial charge is 0.409 e. The van der Waals surface area contributed by atoms with Gasteiger partial charge in [0.15, 0.2) is 5.84 Å². The first kappa shape index (κ1) is 25.2. The van der Waals surface area contributed by atoms with Gasteiger partial charge < -0.3 is 21.6 Å². The molecule has 0 atom stereocenters. The molecule has 1 fully saturated rings. The van der Waals surface area contributed by atoms with Gasteiger partial charge in [0.1, 0.15) is 5.54 Å². The molecule has 1 aliphatic carbocycles. The van der Waals surface area contributed by atoms with Crippen molar-refractivity contribution >= 4 is 33.1 Å². The number of anilines is 2. The fraction of sp³-hybridized carbons (Fsp3) is 0.231. The number of sulfonamides is 1. The minimum absolute atomic E-state index is 0.00936. The molecular formula is C26H29N5O4S. The van der Waals surface area contributed by atoms with Gasteiger partial charge in [0.05, 0.1) is 4.90 Å². The Bertz CT molecular complexity index is 1380. The fourth-order valence-corrected chi connectivity index (χ4v) is 5.35. The highest BCUT2D eigenvalue weighted by Crippen LogP contribution is 2.34. The van der Waals surface area contributed by atoms with Crippen LogP contribution in [0.3, 0.4) is 0 Å². The molecule has 3 aromatic carbocycles. The van der Waals surface area contributed by atoms with E-state index in [9.17, 15) is 13.2 Å². The second-order valence-electron chi connectivity index (χ2n) is 8.91. The summed E-state index contributed by atoms with van der Waals surface area (Å²) in [6, 6.07) is 20.6. The Morgan fingerprint density at radius 1 is 0.917 bits per heavy atom. The molecule has 0 unspecified atom stereocenters. The lowest BCUT2D eigenvalue weighted by molar-refractivity contribution is -0.121. The molecule has 0 aromatic heterocycles. The lowest BCUT2D eigenvalue weighted by Crippen LogP contribution is -2.51. The molecule has 188 valence electrons. The zero-order valence-corrected chi connectivity index (χ0v) is 20.5. The van der Waals surface area contributed by atoms with Gasteiger partial charge in [0, 0.05) is 22.5 Å². The Kier molecular flexibility index (Phi) is 7.27. The van der Waals surface area contributed by atoms with Crippen molar-refractivity contribution in [2.75, 3.05) is 10.6 Å². The monoisotopic (exact) mass is 507 g/mol. The van der Waals surface area contributed by atoms with Crippen LogP contribution in [0.1, 0.15) is 37.7 Å². The van der Waals surface area contributed by atoms with Gasteiger partial charge in [-0.15, -0.1) is 0 Å². The minimum Gasteiger partial charge on any atom is -0.409 e. The maximum Gasteiger partial charge on any atom is 0.250 e. The number of amides is 1. The van der Waals surface area contributed by atoms with Gasteiger partial charge in [-0.1, -0.05) is 66.9 Å². The number of hydrogen-bond acceptors (Lipinski definition) is 6. The number of carbonyl (C=O) groups excluding carboxylic acids is 1. The second kappa shape index (κ2) is 10.4. The smallest absolute Gasteiger partial charge is 0.250 e. The molecule has 0 radical (unpaired) electrons. The van der Waals surface area contributed by atoms with Crippen LogP contribution in [-0.2, 0) is 14.8 Å². The molecule has 0 aliphatic heterocycles. The average Bonchev–Trinajstić information content (AvgIpc) is 2.89. The van der Waals surface area contributed by atoms with Gasteiger partial charge in [-0.05, 0) is 48.7 Å². The normalized spacial score (nSPS) is 15.8. The Morgan fingerprint density at radius 3 is 2.28 bits per heavy atom. The van der Waals surface area contributed by atoms with Crippen molar-refractivity contribution in [3.05, 3.63) is 78.4 Å². The van der Waals surface area contributed by atoms with Crippen molar-refractivity contribution in [2.45, 2.75) is 42.5 Å². The lowest BCUT2D eigenvalue weighted by Gasteiger charge is -2.37. The van der Waals surface area contributed by atoms with Crippen LogP contribution in [0.5, 0.6) is 0 Å². The summed E-state index contributed by atoms with van der Waals surface area (Å²) < 4.78 is 23.9. The number of benzene rings is 3. The summed E-state index contributed by atoms with van der Waals surface area (Å²) in [5.74, 6) is -0.168. The third kappa shape index (κ3) is 5.50. The first-order valence-corrected chi connectivity index (χ1v) is 13.2. The molecule has 0 bridgehead atoms. The van der Waals surface area contributed by atoms with Gasteiger partial charge in [0.2, 0.25) is 15.9 Å². The predicted octanol–water partition coefficient (Wildman–Crippen LogP) is 3.85. The summed E-state index contributed by atoms with van der Waals surface area (Å²) in [5.41, 5.74) is 7.91. The molecule has 4 rings (SSSR count). The number of carbonyl (C=O) groups is 1. The summed E-state index contributed by atoms with van der Waals surface area (Å²) in [7, 11) is -3.88. The van der Waals surface area contributed by atoms with Crippen molar-refractivity contribution in [2.24, 2.45) is 16.0 Å². The molecule has 36 heavy (non-hydrogen) atoms. The second-order valence-corrected chi connectivity index (χ2v) is 10.4. The highest BCUT2D eigenvalue weighted by Gasteiger charge is 2.39. The van der Waals surface area contributed by atoms with E-state index < -0.39 is 15.6 Å². The van der Waals surface area contributed by atoms with Crippen LogP contribution in [0, 0.1) is 0 Å². The first-order valence-electron chi connectivity index (χ1n) is 11.6. The van der Waals surface area contributed by atoms with E-state index in [0.29, 0.717) is 40.9 Å². The number of hydrogen-bond donors (Lipinski definition) is 5. The molecule has 1 aliphatic rings. The number of amidine groups is 1. The molecule has 1 saturated carbocycles. The van der Waals surface area contributed by atoms with Gasteiger partial charge in [0.25, 0.3) is 0 Å². The number of rotatable bonds is 7. The SMILES string of the molecule is N/C(=N\O)c1cccc(NC2(C(=O)Nc3ccc(-c4ccccc4S(N)(=O)=O)cc3)CCCCC2)c1. The summed E-state index contributed by atoms with van der Waals surface area (Å²) in [4.78, 5) is 13.6. The Balaban J connectivity index is 1.57. The van der Waals surface area contributed by atoms with Crippen LogP contribution >= 0.6 is 0 Å². The van der Waals surface area contributed by atoms with Crippen molar-refractivity contribution in [3.63, 3.8) is 0 Å². The molecule has 0 saturated heterocycles. The zero-order chi connectivity index (χ0) is 25.8. The fourth-order valence-electron chi connectivity index (χ4n) is 4.59. The molecule has 3 aromatic rings. The Morgan fingerprint density at radius 2 is 1.61 bits per heavy atom. The maximum atomic E-state index is 13.6. The quantitative estimate of drug-likeness (QED) is 0.141. The van der Waals surface area contributed by atoms with Crippen LogP contribution < -0.4 is 21.5 Å². The standard InChI is InChI=1S/C26H29N5O4S/c27-24(31-33)19-7-6-8-21(17-19)30-26(15-4-1-5-16-26)25(32)29-20-13-11-18(12-14-20)22-9-2-3-10-23(22)36(28,34)35/h2-3,6-14,17,30,33H,1,4-5,15-16H2,(H2,27,31)(H,29,32)(H2,28,34,35). The van der Waals surface area contributed by atoms with Crippen molar-refractivity contribution < 1.29 is 18.4 Å². The number of nitrogens with zero attached hydrogens (tertiary/aromatic N) is 1. The van der Waals surface area contributed by atoms with Gasteiger partial charge in [-0.25, -0.2) is 13.6 Å². The van der Waals surface area contributed by atoms with Gasteiger partial charge in [-0.3, -0.25) is 4.79 Å². The van der Waals surface area contributed by atoms with Crippen LogP contribution in [0.25, 0.3) is 11.1 Å². The molecule has 10 heteroatoms. The highest BCUT2D eigenvalue weighted by atomic mass is 32.2. The summed E-state index contributed by atoms with van der Waals surface area (Å²) in [6.45, 7) is 0. The molecule has 7 N–H and O–H groups in total. The number of oxime groups is 1. The van der Waals surface area contributed by atoms with Crippen molar-refractivity contribution in [1.82, 2.24) is 0 Å². The van der Waals surface area contributed by atoms with E-state index >= 15 is 0 Å². The molecule has 1 amide bonds. The molecule has 0 heterocycles. The molecule has 9 nitrogen and oxygen atoms in total. The third-order valence-corrected chi connectivity index (χ3v) is 7.41. The lowest BCUT2D eigenvalue weighted by atomic mass is 9.80. The van der Waals surface area contributed by atoms with E-state index in [1.54, 1.807) is 60.7 Å². The van der Waals surface area contributed by atoms with E-state index in [4.69, 9.17) is 16.1 Å². The maximum absolute atomic E-state index is 13.6. The van der Waals surface area contributed by atoms with Crippen LogP contribution in [0.4, 0.5) is 11.4 Å². The minimum atomic E-state index is -3.88. The number of nitrogens with two attached hydrogens (primary N) is 2. The van der Waals surface area contributed by atoms with Crippen LogP contribution in [0.2, 0.25) is 0 Å². The van der Waals surface area contributed by atoms with E-state index in [0.717, 1.165) is 19.3 Å². The average molecular weight is 508 g/mol. The Labute approximate surface area is 210 Å². The van der Waals surface area contributed by atoms with Crippen LogP contribution in [0.15, 0.2) is 82.8 Å². The van der Waals surface area contributed by atoms with Crippen molar-refractivity contribution in [3.8, 4) is 11.1 Å². The summed E-state index contributed by atoms with van der Waals surface area (Å²) >= 11 is 0. The first-order chi connectivity index (χ1) is 17.2. The summed E-state index contributed by atoms with van der Waals surface area (Å²) in [5, 5.41) is 23.8. The number of primary sulfonamides is 1. The zero-order valence-electron chi connectivity index (χ0n) is 19.6. The molecule has 0 spiro atoms. The van der Waals surface area contributed by atoms with Crippen molar-refractivity contribution in [1.29, 1.82) is 0 Å². The van der Waals surface area contributed by atoms with Crippen LogP contribution in [-0.4, -0.2) is 30.9 Å².